The van der Waals surface area contributed by atoms with Gasteiger partial charge in [0.25, 0.3) is 5.60 Å². The molecule has 43 heavy (non-hydrogen) atoms. The highest BCUT2D eigenvalue weighted by Gasteiger charge is 2.69. The van der Waals surface area contributed by atoms with E-state index in [0.717, 1.165) is 43.8 Å². The Kier molecular flexibility index (Phi) is 10.5. The second kappa shape index (κ2) is 12.6. The van der Waals surface area contributed by atoms with Crippen LogP contribution in [-0.2, 0) is 0 Å². The molecule has 0 aromatic rings. The lowest BCUT2D eigenvalue weighted by atomic mass is 9.55. The molecule has 246 valence electrons. The molecule has 3 aliphatic carbocycles. The zero-order valence-corrected chi connectivity index (χ0v) is 25.7. The van der Waals surface area contributed by atoms with E-state index in [0.29, 0.717) is 31.3 Å². The minimum Gasteiger partial charge on any atom is -0.393 e. The standard InChI is InChI=1S/C33H48F6O4/c1-21-23(19-24(40)20-26(21)41)11-10-22-9-6-17-30(5)25(22)12-13-27(30)29(4,15-7-14-28(2,3)42)16-8-18-31(43,32(34,35)36)33(37,38)39/h8,10-11,18,24-27,40-43H,1,6-7,9,12-17,19-20H2,2-5H3/t24-,25?,26?,27-,29+,30+/m1/s1. The van der Waals surface area contributed by atoms with Gasteiger partial charge in [0.15, 0.2) is 0 Å². The number of allylic oxidation sites excluding steroid dienone is 4. The summed E-state index contributed by atoms with van der Waals surface area (Å²) in [5, 5.41) is 40.3. The summed E-state index contributed by atoms with van der Waals surface area (Å²) in [5.74, 6) is 0.139. The van der Waals surface area contributed by atoms with Crippen molar-refractivity contribution in [3.8, 4) is 0 Å². The van der Waals surface area contributed by atoms with Gasteiger partial charge in [-0.15, -0.1) is 0 Å². The third-order valence-corrected chi connectivity index (χ3v) is 10.4. The molecular weight excluding hydrogens is 574 g/mol. The summed E-state index contributed by atoms with van der Waals surface area (Å²) < 4.78 is 80.2. The summed E-state index contributed by atoms with van der Waals surface area (Å²) in [6, 6.07) is 0. The van der Waals surface area contributed by atoms with Crippen LogP contribution in [0.2, 0.25) is 0 Å². The first-order valence-electron chi connectivity index (χ1n) is 15.2. The van der Waals surface area contributed by atoms with E-state index in [1.165, 1.54) is 5.57 Å². The van der Waals surface area contributed by atoms with Gasteiger partial charge in [0.1, 0.15) is 0 Å². The Morgan fingerprint density at radius 1 is 0.953 bits per heavy atom. The highest BCUT2D eigenvalue weighted by Crippen LogP contribution is 2.64. The fourth-order valence-electron chi connectivity index (χ4n) is 8.04. The second-order valence-electron chi connectivity index (χ2n) is 14.3. The molecule has 0 aromatic carbocycles. The summed E-state index contributed by atoms with van der Waals surface area (Å²) in [4.78, 5) is 0. The predicted molar refractivity (Wildman–Crippen MR) is 154 cm³/mol. The topological polar surface area (TPSA) is 80.9 Å². The highest BCUT2D eigenvalue weighted by atomic mass is 19.4. The van der Waals surface area contributed by atoms with Crippen molar-refractivity contribution in [2.45, 2.75) is 134 Å². The number of hydrogen-bond acceptors (Lipinski definition) is 4. The normalized spacial score (nSPS) is 32.9. The molecule has 4 nitrogen and oxygen atoms in total. The third-order valence-electron chi connectivity index (χ3n) is 10.4. The van der Waals surface area contributed by atoms with E-state index in [1.54, 1.807) is 13.8 Å². The molecular formula is C33H48F6O4. The van der Waals surface area contributed by atoms with Crippen molar-refractivity contribution < 1.29 is 46.8 Å². The zero-order valence-electron chi connectivity index (χ0n) is 25.7. The Hall–Kier alpha value is -1.62. The fourth-order valence-corrected chi connectivity index (χ4v) is 8.04. The molecule has 0 amide bonds. The van der Waals surface area contributed by atoms with Crippen molar-refractivity contribution in [2.24, 2.45) is 22.7 Å². The van der Waals surface area contributed by atoms with Crippen molar-refractivity contribution in [1.29, 1.82) is 0 Å². The zero-order chi connectivity index (χ0) is 32.6. The van der Waals surface area contributed by atoms with Crippen LogP contribution in [0.1, 0.15) is 98.3 Å². The van der Waals surface area contributed by atoms with Crippen LogP contribution >= 0.6 is 0 Å². The number of halogens is 6. The van der Waals surface area contributed by atoms with Gasteiger partial charge >= 0.3 is 12.4 Å². The Bertz CT molecular complexity index is 1080. The van der Waals surface area contributed by atoms with Crippen LogP contribution in [0.15, 0.2) is 47.6 Å². The molecule has 3 fully saturated rings. The molecule has 3 saturated carbocycles. The maximum atomic E-state index is 13.4. The smallest absolute Gasteiger partial charge is 0.393 e. The number of aliphatic hydroxyl groups excluding tert-OH is 2. The van der Waals surface area contributed by atoms with Crippen LogP contribution in [0.3, 0.4) is 0 Å². The van der Waals surface area contributed by atoms with E-state index in [-0.39, 0.29) is 36.2 Å². The van der Waals surface area contributed by atoms with E-state index >= 15 is 0 Å². The Labute approximate surface area is 251 Å². The van der Waals surface area contributed by atoms with Gasteiger partial charge in [0.05, 0.1) is 17.8 Å². The second-order valence-corrected chi connectivity index (χ2v) is 14.3. The van der Waals surface area contributed by atoms with Crippen molar-refractivity contribution in [3.63, 3.8) is 0 Å². The van der Waals surface area contributed by atoms with Crippen LogP contribution in [0.25, 0.3) is 0 Å². The summed E-state index contributed by atoms with van der Waals surface area (Å²) in [6.45, 7) is 11.4. The SMILES string of the molecule is C=C1C(=CC=C2CCC[C@@]3(C)C2CC[C@@H]3[C@](C)(CC=CC(O)(C(F)(F)F)C(F)(F)F)CCCC(C)(C)O)C[C@@H](O)CC1O. The molecule has 2 unspecified atom stereocenters. The molecule has 0 aromatic heterocycles. The lowest BCUT2D eigenvalue weighted by Crippen LogP contribution is -2.55. The molecule has 6 atom stereocenters. The van der Waals surface area contributed by atoms with Gasteiger partial charge < -0.3 is 20.4 Å². The fraction of sp³-hybridized carbons (Fsp3) is 0.758. The lowest BCUT2D eigenvalue weighted by molar-refractivity contribution is -0.347. The van der Waals surface area contributed by atoms with Gasteiger partial charge in [-0.25, -0.2) is 0 Å². The summed E-state index contributed by atoms with van der Waals surface area (Å²) in [7, 11) is 0. The Morgan fingerprint density at radius 3 is 2.16 bits per heavy atom. The van der Waals surface area contributed by atoms with Crippen LogP contribution in [0, 0.1) is 22.7 Å². The number of fused-ring (bicyclic) bond motifs is 1. The van der Waals surface area contributed by atoms with Crippen LogP contribution < -0.4 is 0 Å². The molecule has 4 N–H and O–H groups in total. The molecule has 0 heterocycles. The summed E-state index contributed by atoms with van der Waals surface area (Å²) >= 11 is 0. The first kappa shape index (κ1) is 35.9. The lowest BCUT2D eigenvalue weighted by Gasteiger charge is -2.49. The maximum absolute atomic E-state index is 13.4. The molecule has 0 saturated heterocycles. The number of aliphatic hydroxyl groups is 4. The number of alkyl halides is 6. The molecule has 0 aliphatic heterocycles. The minimum absolute atomic E-state index is 0.0223. The van der Waals surface area contributed by atoms with Crippen LogP contribution in [0.5, 0.6) is 0 Å². The van der Waals surface area contributed by atoms with Gasteiger partial charge in [0.2, 0.25) is 0 Å². The summed E-state index contributed by atoms with van der Waals surface area (Å²) in [6.07, 6.45) is -2.44. The minimum atomic E-state index is -5.92. The van der Waals surface area contributed by atoms with Gasteiger partial charge in [-0.05, 0) is 112 Å². The first-order valence-corrected chi connectivity index (χ1v) is 15.2. The summed E-state index contributed by atoms with van der Waals surface area (Å²) in [5.41, 5.74) is -4.25. The van der Waals surface area contributed by atoms with Crippen LogP contribution in [0.4, 0.5) is 26.3 Å². The van der Waals surface area contributed by atoms with Gasteiger partial charge in [0, 0.05) is 6.42 Å². The Morgan fingerprint density at radius 2 is 1.58 bits per heavy atom. The molecule has 0 bridgehead atoms. The van der Waals surface area contributed by atoms with Crippen molar-refractivity contribution >= 4 is 0 Å². The van der Waals surface area contributed by atoms with Crippen LogP contribution in [-0.4, -0.2) is 56.2 Å². The van der Waals surface area contributed by atoms with Crippen molar-refractivity contribution in [2.75, 3.05) is 0 Å². The highest BCUT2D eigenvalue weighted by molar-refractivity contribution is 5.38. The van der Waals surface area contributed by atoms with Gasteiger partial charge in [-0.2, -0.15) is 26.3 Å². The first-order chi connectivity index (χ1) is 19.5. The largest absolute Gasteiger partial charge is 0.429 e. The quantitative estimate of drug-likeness (QED) is 0.156. The average Bonchev–Trinajstić information content (AvgIpc) is 3.21. The number of rotatable bonds is 9. The molecule has 3 rings (SSSR count). The Balaban J connectivity index is 1.93. The van der Waals surface area contributed by atoms with Gasteiger partial charge in [-0.1, -0.05) is 50.6 Å². The molecule has 0 radical (unpaired) electrons. The van der Waals surface area contributed by atoms with Crippen molar-refractivity contribution in [3.05, 3.63) is 47.6 Å². The molecule has 10 heteroatoms. The van der Waals surface area contributed by atoms with E-state index in [2.05, 4.69) is 13.5 Å². The third kappa shape index (κ3) is 7.79. The van der Waals surface area contributed by atoms with Crippen molar-refractivity contribution in [1.82, 2.24) is 0 Å². The van der Waals surface area contributed by atoms with Gasteiger partial charge in [-0.3, -0.25) is 0 Å². The van der Waals surface area contributed by atoms with E-state index in [9.17, 15) is 46.8 Å². The van der Waals surface area contributed by atoms with E-state index in [1.807, 2.05) is 19.1 Å². The molecule has 0 spiro atoms. The predicted octanol–water partition coefficient (Wildman–Crippen LogP) is 7.88. The van der Waals surface area contributed by atoms with E-state index in [4.69, 9.17) is 0 Å². The monoisotopic (exact) mass is 622 g/mol. The number of hydrogen-bond donors (Lipinski definition) is 4. The average molecular weight is 623 g/mol. The van der Waals surface area contributed by atoms with E-state index < -0.39 is 41.2 Å². The molecule has 3 aliphatic rings. The maximum Gasteiger partial charge on any atom is 0.429 e.